The van der Waals surface area contributed by atoms with E-state index >= 15 is 0 Å². The number of hydrogen-bond acceptors (Lipinski definition) is 8. The molecule has 0 amide bonds. The maximum Gasteiger partial charge on any atom is 0.336 e. The molecule has 0 fully saturated rings. The summed E-state index contributed by atoms with van der Waals surface area (Å²) in [6.45, 7) is 0. The average Bonchev–Trinajstić information content (AvgIpc) is 2.34. The van der Waals surface area contributed by atoms with E-state index in [1.165, 1.54) is 0 Å². The quantitative estimate of drug-likeness (QED) is 0.140. The zero-order valence-electron chi connectivity index (χ0n) is 15.9. The van der Waals surface area contributed by atoms with E-state index in [-0.39, 0.29) is 70.1 Å². The molecule has 0 spiro atoms. The summed E-state index contributed by atoms with van der Waals surface area (Å²) in [6, 6.07) is 0. The van der Waals surface area contributed by atoms with Crippen molar-refractivity contribution in [1.29, 1.82) is 0 Å². The zero-order chi connectivity index (χ0) is 21.3. The molecule has 0 unspecified atom stereocenters. The molecule has 166 valence electrons. The topological polar surface area (TPSA) is 327 Å². The third-order valence-electron chi connectivity index (χ3n) is 2.57. The van der Waals surface area contributed by atoms with Crippen LogP contribution in [0.25, 0.3) is 0 Å². The van der Waals surface area contributed by atoms with Gasteiger partial charge in [0, 0.05) is 59.1 Å². The summed E-state index contributed by atoms with van der Waals surface area (Å²) in [5, 5.41) is 67.6. The molecule has 0 aromatic rings. The average molecular weight is 466 g/mol. The Morgan fingerprint density at radius 3 is 0.667 bits per heavy atom. The van der Waals surface area contributed by atoms with E-state index in [9.17, 15) is 28.8 Å². The van der Waals surface area contributed by atoms with Crippen LogP contribution < -0.4 is 0 Å². The number of aliphatic hydroxyl groups is 2. The molecule has 0 aliphatic rings. The van der Waals surface area contributed by atoms with Gasteiger partial charge in [0.2, 0.25) is 0 Å². The standard InChI is InChI=1S/2C6H8O7.2Na.2H2O/c2*7-3(8)1-6(13,5(11)12)2-4(9)10;;;;/h2*13H,1-2H2,(H,7,8)(H,9,10)(H,11,12);;;2*1H2. The Morgan fingerprint density at radius 2 is 0.600 bits per heavy atom. The summed E-state index contributed by atoms with van der Waals surface area (Å²) in [5.74, 6) is -10.0. The molecule has 0 aromatic heterocycles. The van der Waals surface area contributed by atoms with Crippen molar-refractivity contribution in [3.63, 3.8) is 0 Å². The Balaban J connectivity index is -0.0000000847. The molecule has 0 aromatic carbocycles. The Kier molecular flexibility index (Phi) is 26.2. The van der Waals surface area contributed by atoms with Crippen LogP contribution in [0.15, 0.2) is 0 Å². The molecule has 0 saturated heterocycles. The van der Waals surface area contributed by atoms with Gasteiger partial charge in [0.1, 0.15) is 0 Å². The third kappa shape index (κ3) is 18.7. The first-order valence-electron chi connectivity index (χ1n) is 6.34. The molecular weight excluding hydrogens is 446 g/mol. The van der Waals surface area contributed by atoms with Gasteiger partial charge >= 0.3 is 35.8 Å². The van der Waals surface area contributed by atoms with Crippen molar-refractivity contribution < 1.29 is 80.6 Å². The van der Waals surface area contributed by atoms with Crippen LogP contribution in [-0.2, 0) is 28.8 Å². The second kappa shape index (κ2) is 18.4. The SMILES string of the molecule is O.O.O=C(O)CC(O)(CC(=O)O)C(=O)O.O=C(O)CC(O)(CC(=O)O)C(=O)O.[Na].[Na]. The summed E-state index contributed by atoms with van der Waals surface area (Å²) in [4.78, 5) is 61.0. The van der Waals surface area contributed by atoms with E-state index in [0.29, 0.717) is 0 Å². The van der Waals surface area contributed by atoms with Gasteiger partial charge in [-0.05, 0) is 0 Å². The maximum atomic E-state index is 10.3. The first-order valence-corrected chi connectivity index (χ1v) is 6.34. The molecule has 0 saturated carbocycles. The van der Waals surface area contributed by atoms with Gasteiger partial charge in [-0.1, -0.05) is 0 Å². The summed E-state index contributed by atoms with van der Waals surface area (Å²) in [7, 11) is 0. The first-order chi connectivity index (χ1) is 11.6. The van der Waals surface area contributed by atoms with E-state index in [1.54, 1.807) is 0 Å². The molecule has 0 atom stereocenters. The smallest absolute Gasteiger partial charge is 0.336 e. The number of carboxylic acid groups (broad SMARTS) is 6. The van der Waals surface area contributed by atoms with Gasteiger partial charge in [0.25, 0.3) is 0 Å². The maximum absolute atomic E-state index is 10.3. The number of hydrogen-bond donors (Lipinski definition) is 8. The summed E-state index contributed by atoms with van der Waals surface area (Å²) in [6.07, 6.45) is -4.58. The van der Waals surface area contributed by atoms with Crippen molar-refractivity contribution in [2.24, 2.45) is 0 Å². The minimum absolute atomic E-state index is 0. The minimum Gasteiger partial charge on any atom is -0.481 e. The summed E-state index contributed by atoms with van der Waals surface area (Å²) >= 11 is 0. The van der Waals surface area contributed by atoms with Gasteiger partial charge in [-0.2, -0.15) is 0 Å². The molecule has 18 heteroatoms. The molecule has 0 aliphatic carbocycles. The predicted molar refractivity (Wildman–Crippen MR) is 92.9 cm³/mol. The van der Waals surface area contributed by atoms with Crippen LogP contribution in [0.1, 0.15) is 25.7 Å². The van der Waals surface area contributed by atoms with E-state index in [1.807, 2.05) is 0 Å². The first kappa shape index (κ1) is 42.7. The fraction of sp³-hybridized carbons (Fsp3) is 0.500. The van der Waals surface area contributed by atoms with Crippen LogP contribution in [0.3, 0.4) is 0 Å². The van der Waals surface area contributed by atoms with Crippen LogP contribution >= 0.6 is 0 Å². The molecule has 2 radical (unpaired) electrons. The fourth-order valence-corrected chi connectivity index (χ4v) is 1.43. The van der Waals surface area contributed by atoms with E-state index in [2.05, 4.69) is 0 Å². The van der Waals surface area contributed by atoms with Crippen molar-refractivity contribution in [3.8, 4) is 0 Å². The zero-order valence-corrected chi connectivity index (χ0v) is 19.9. The molecule has 16 nitrogen and oxygen atoms in total. The number of carbonyl (C=O) groups is 6. The van der Waals surface area contributed by atoms with Crippen molar-refractivity contribution in [1.82, 2.24) is 0 Å². The second-order valence-corrected chi connectivity index (χ2v) is 4.96. The van der Waals surface area contributed by atoms with Crippen LogP contribution in [0.5, 0.6) is 0 Å². The molecule has 0 aliphatic heterocycles. The van der Waals surface area contributed by atoms with Crippen LogP contribution in [-0.4, -0.2) is 158 Å². The summed E-state index contributed by atoms with van der Waals surface area (Å²) < 4.78 is 0. The van der Waals surface area contributed by atoms with Crippen molar-refractivity contribution in [2.45, 2.75) is 36.9 Å². The van der Waals surface area contributed by atoms with Gasteiger partial charge in [-0.3, -0.25) is 19.2 Å². The molecule has 0 bridgehead atoms. The second-order valence-electron chi connectivity index (χ2n) is 4.96. The predicted octanol–water partition coefficient (Wildman–Crippen LogP) is -4.91. The monoisotopic (exact) mass is 466 g/mol. The minimum atomic E-state index is -2.74. The van der Waals surface area contributed by atoms with Gasteiger partial charge in [0.05, 0.1) is 25.7 Å². The Hall–Kier alpha value is -1.34. The van der Waals surface area contributed by atoms with Crippen molar-refractivity contribution in [3.05, 3.63) is 0 Å². The molecule has 0 rings (SSSR count). The van der Waals surface area contributed by atoms with Crippen LogP contribution in [0.4, 0.5) is 0 Å². The Bertz CT molecular complexity index is 519. The van der Waals surface area contributed by atoms with Crippen LogP contribution in [0.2, 0.25) is 0 Å². The van der Waals surface area contributed by atoms with Gasteiger partial charge < -0.3 is 51.8 Å². The molecular formula is C12H20Na2O16. The Morgan fingerprint density at radius 1 is 0.467 bits per heavy atom. The van der Waals surface area contributed by atoms with Crippen molar-refractivity contribution in [2.75, 3.05) is 0 Å². The van der Waals surface area contributed by atoms with Crippen molar-refractivity contribution >= 4 is 94.9 Å². The number of carboxylic acids is 6. The van der Waals surface area contributed by atoms with E-state index < -0.39 is 72.7 Å². The Labute approximate surface area is 211 Å². The molecule has 0 heterocycles. The number of rotatable bonds is 10. The summed E-state index contributed by atoms with van der Waals surface area (Å²) in [5.41, 5.74) is -5.48. The molecule has 30 heavy (non-hydrogen) atoms. The number of aliphatic carboxylic acids is 6. The van der Waals surface area contributed by atoms with Gasteiger partial charge in [-0.15, -0.1) is 0 Å². The normalized spacial score (nSPS) is 9.40. The van der Waals surface area contributed by atoms with Crippen LogP contribution in [0, 0.1) is 0 Å². The largest absolute Gasteiger partial charge is 0.481 e. The van der Waals surface area contributed by atoms with E-state index in [4.69, 9.17) is 40.9 Å². The van der Waals surface area contributed by atoms with E-state index in [0.717, 1.165) is 0 Å². The molecule has 12 N–H and O–H groups in total. The van der Waals surface area contributed by atoms with Gasteiger partial charge in [0.15, 0.2) is 11.2 Å². The van der Waals surface area contributed by atoms with Gasteiger partial charge in [-0.25, -0.2) is 9.59 Å². The fourth-order valence-electron chi connectivity index (χ4n) is 1.43. The third-order valence-corrected chi connectivity index (χ3v) is 2.57.